The Morgan fingerprint density at radius 1 is 1.38 bits per heavy atom. The van der Waals surface area contributed by atoms with Gasteiger partial charge >= 0.3 is 0 Å². The standard InChI is InChI=1S/C13H18N2O/c1-11(13(16)14-2)15-10-6-9-12-7-4-3-5-8-12/h3-9,11,15H,10H2,1-2H3,(H,14,16)/b9-6+/t11-/m1/s1. The third kappa shape index (κ3) is 4.28. The largest absolute Gasteiger partial charge is 0.358 e. The SMILES string of the molecule is CNC(=O)[C@@H](C)NC/C=C/c1ccccc1. The molecule has 0 fully saturated rings. The summed E-state index contributed by atoms with van der Waals surface area (Å²) >= 11 is 0. The Hall–Kier alpha value is -1.61. The molecule has 0 saturated carbocycles. The number of amides is 1. The zero-order valence-corrected chi connectivity index (χ0v) is 9.73. The molecule has 16 heavy (non-hydrogen) atoms. The lowest BCUT2D eigenvalue weighted by atomic mass is 10.2. The van der Waals surface area contributed by atoms with Crippen LogP contribution in [0.4, 0.5) is 0 Å². The van der Waals surface area contributed by atoms with E-state index < -0.39 is 0 Å². The van der Waals surface area contributed by atoms with Crippen molar-refractivity contribution in [1.82, 2.24) is 10.6 Å². The van der Waals surface area contributed by atoms with Gasteiger partial charge in [0.05, 0.1) is 6.04 Å². The fourth-order valence-electron chi connectivity index (χ4n) is 1.31. The minimum atomic E-state index is -0.162. The molecule has 0 heterocycles. The second-order valence-electron chi connectivity index (χ2n) is 3.56. The van der Waals surface area contributed by atoms with Crippen LogP contribution in [0, 0.1) is 0 Å². The molecule has 1 amide bonds. The fourth-order valence-corrected chi connectivity index (χ4v) is 1.31. The first kappa shape index (κ1) is 12.5. The summed E-state index contributed by atoms with van der Waals surface area (Å²) in [5.74, 6) is 0.00751. The second kappa shape index (κ2) is 6.80. The number of nitrogens with one attached hydrogen (secondary N) is 2. The van der Waals surface area contributed by atoms with Gasteiger partial charge in [0.1, 0.15) is 0 Å². The summed E-state index contributed by atoms with van der Waals surface area (Å²) in [6.07, 6.45) is 4.04. The van der Waals surface area contributed by atoms with Crippen molar-refractivity contribution in [2.24, 2.45) is 0 Å². The third-order valence-corrected chi connectivity index (χ3v) is 2.29. The van der Waals surface area contributed by atoms with Gasteiger partial charge in [-0.05, 0) is 12.5 Å². The van der Waals surface area contributed by atoms with Gasteiger partial charge in [-0.3, -0.25) is 4.79 Å². The van der Waals surface area contributed by atoms with E-state index in [4.69, 9.17) is 0 Å². The summed E-state index contributed by atoms with van der Waals surface area (Å²) in [7, 11) is 1.64. The predicted molar refractivity (Wildman–Crippen MR) is 67.0 cm³/mol. The van der Waals surface area contributed by atoms with E-state index in [1.165, 1.54) is 0 Å². The Bertz CT molecular complexity index is 346. The first-order valence-corrected chi connectivity index (χ1v) is 5.40. The molecule has 0 bridgehead atoms. The number of carbonyl (C=O) groups excluding carboxylic acids is 1. The van der Waals surface area contributed by atoms with Gasteiger partial charge in [-0.25, -0.2) is 0 Å². The Kier molecular flexibility index (Phi) is 5.29. The van der Waals surface area contributed by atoms with Gasteiger partial charge in [-0.15, -0.1) is 0 Å². The molecular weight excluding hydrogens is 200 g/mol. The Balaban J connectivity index is 2.31. The number of likely N-dealkylation sites (N-methyl/N-ethyl adjacent to an activating group) is 1. The number of carbonyl (C=O) groups is 1. The van der Waals surface area contributed by atoms with Gasteiger partial charge in [-0.1, -0.05) is 42.5 Å². The Morgan fingerprint density at radius 2 is 2.06 bits per heavy atom. The van der Waals surface area contributed by atoms with Crippen LogP contribution in [-0.4, -0.2) is 25.5 Å². The molecule has 1 aromatic rings. The number of hydrogen-bond donors (Lipinski definition) is 2. The predicted octanol–water partition coefficient (Wildman–Crippen LogP) is 1.42. The second-order valence-corrected chi connectivity index (χ2v) is 3.56. The lowest BCUT2D eigenvalue weighted by Gasteiger charge is -2.09. The molecule has 1 rings (SSSR count). The summed E-state index contributed by atoms with van der Waals surface area (Å²) < 4.78 is 0. The van der Waals surface area contributed by atoms with E-state index in [0.29, 0.717) is 6.54 Å². The highest BCUT2D eigenvalue weighted by molar-refractivity contribution is 5.80. The van der Waals surface area contributed by atoms with Crippen LogP contribution in [-0.2, 0) is 4.79 Å². The highest BCUT2D eigenvalue weighted by atomic mass is 16.2. The van der Waals surface area contributed by atoms with E-state index in [9.17, 15) is 4.79 Å². The first-order valence-electron chi connectivity index (χ1n) is 5.40. The summed E-state index contributed by atoms with van der Waals surface area (Å²) in [4.78, 5) is 11.2. The van der Waals surface area contributed by atoms with Crippen LogP contribution >= 0.6 is 0 Å². The van der Waals surface area contributed by atoms with Crippen molar-refractivity contribution in [3.63, 3.8) is 0 Å². The summed E-state index contributed by atoms with van der Waals surface area (Å²) in [6.45, 7) is 2.53. The molecule has 0 unspecified atom stereocenters. The van der Waals surface area contributed by atoms with Crippen molar-refractivity contribution >= 4 is 12.0 Å². The topological polar surface area (TPSA) is 41.1 Å². The van der Waals surface area contributed by atoms with Crippen LogP contribution in [0.15, 0.2) is 36.4 Å². The van der Waals surface area contributed by atoms with Crippen LogP contribution in [0.25, 0.3) is 6.08 Å². The monoisotopic (exact) mass is 218 g/mol. The van der Waals surface area contributed by atoms with Gasteiger partial charge in [0.15, 0.2) is 0 Å². The van der Waals surface area contributed by atoms with Gasteiger partial charge in [-0.2, -0.15) is 0 Å². The van der Waals surface area contributed by atoms with Crippen LogP contribution in [0.1, 0.15) is 12.5 Å². The van der Waals surface area contributed by atoms with Gasteiger partial charge in [0, 0.05) is 13.6 Å². The lowest BCUT2D eigenvalue weighted by Crippen LogP contribution is -2.40. The number of rotatable bonds is 5. The molecule has 0 aliphatic carbocycles. The quantitative estimate of drug-likeness (QED) is 0.785. The molecule has 0 aliphatic rings. The Morgan fingerprint density at radius 3 is 2.69 bits per heavy atom. The highest BCUT2D eigenvalue weighted by Gasteiger charge is 2.07. The van der Waals surface area contributed by atoms with Gasteiger partial charge in [0.2, 0.25) is 5.91 Å². The van der Waals surface area contributed by atoms with Crippen molar-refractivity contribution in [2.45, 2.75) is 13.0 Å². The van der Waals surface area contributed by atoms with Gasteiger partial charge in [0.25, 0.3) is 0 Å². The molecule has 86 valence electrons. The molecule has 0 radical (unpaired) electrons. The summed E-state index contributed by atoms with van der Waals surface area (Å²) in [5.41, 5.74) is 1.16. The maximum atomic E-state index is 11.2. The zero-order valence-electron chi connectivity index (χ0n) is 9.73. The minimum Gasteiger partial charge on any atom is -0.358 e. The van der Waals surface area contributed by atoms with Crippen molar-refractivity contribution in [1.29, 1.82) is 0 Å². The summed E-state index contributed by atoms with van der Waals surface area (Å²) in [6, 6.07) is 9.91. The fraction of sp³-hybridized carbons (Fsp3) is 0.308. The summed E-state index contributed by atoms with van der Waals surface area (Å²) in [5, 5.41) is 5.70. The van der Waals surface area contributed by atoms with E-state index in [-0.39, 0.29) is 11.9 Å². The Labute approximate surface area is 96.6 Å². The normalized spacial score (nSPS) is 12.6. The van der Waals surface area contributed by atoms with Crippen LogP contribution in [0.3, 0.4) is 0 Å². The van der Waals surface area contributed by atoms with Crippen LogP contribution in [0.2, 0.25) is 0 Å². The molecule has 0 aliphatic heterocycles. The molecule has 2 N–H and O–H groups in total. The zero-order chi connectivity index (χ0) is 11.8. The van der Waals surface area contributed by atoms with E-state index in [1.54, 1.807) is 7.05 Å². The average molecular weight is 218 g/mol. The molecule has 1 aromatic carbocycles. The van der Waals surface area contributed by atoms with E-state index in [2.05, 4.69) is 10.6 Å². The van der Waals surface area contributed by atoms with E-state index in [1.807, 2.05) is 49.4 Å². The lowest BCUT2D eigenvalue weighted by molar-refractivity contribution is -0.122. The van der Waals surface area contributed by atoms with E-state index >= 15 is 0 Å². The first-order chi connectivity index (χ1) is 7.74. The van der Waals surface area contributed by atoms with Crippen LogP contribution in [0.5, 0.6) is 0 Å². The third-order valence-electron chi connectivity index (χ3n) is 2.29. The molecule has 0 spiro atoms. The van der Waals surface area contributed by atoms with Crippen molar-refractivity contribution in [2.75, 3.05) is 13.6 Å². The highest BCUT2D eigenvalue weighted by Crippen LogP contribution is 1.99. The smallest absolute Gasteiger partial charge is 0.236 e. The van der Waals surface area contributed by atoms with Gasteiger partial charge < -0.3 is 10.6 Å². The molecule has 3 nitrogen and oxygen atoms in total. The molecule has 3 heteroatoms. The average Bonchev–Trinajstić information content (AvgIpc) is 2.34. The maximum Gasteiger partial charge on any atom is 0.236 e. The molecule has 1 atom stereocenters. The van der Waals surface area contributed by atoms with Crippen molar-refractivity contribution in [3.05, 3.63) is 42.0 Å². The number of benzene rings is 1. The van der Waals surface area contributed by atoms with Crippen molar-refractivity contribution < 1.29 is 4.79 Å². The van der Waals surface area contributed by atoms with E-state index in [0.717, 1.165) is 5.56 Å². The number of hydrogen-bond acceptors (Lipinski definition) is 2. The minimum absolute atomic E-state index is 0.00751. The maximum absolute atomic E-state index is 11.2. The van der Waals surface area contributed by atoms with Crippen LogP contribution < -0.4 is 10.6 Å². The molecule has 0 aromatic heterocycles. The molecule has 0 saturated heterocycles. The molecular formula is C13H18N2O. The van der Waals surface area contributed by atoms with Crippen molar-refractivity contribution in [3.8, 4) is 0 Å².